The second kappa shape index (κ2) is 9.36. The van der Waals surface area contributed by atoms with E-state index in [0.29, 0.717) is 42.5 Å². The molecule has 3 aromatic rings. The molecule has 9 heteroatoms. The third-order valence-corrected chi connectivity index (χ3v) is 7.24. The molecule has 32 heavy (non-hydrogen) atoms. The van der Waals surface area contributed by atoms with E-state index in [1.54, 1.807) is 30.0 Å². The average molecular weight is 474 g/mol. The van der Waals surface area contributed by atoms with Crippen molar-refractivity contribution in [2.45, 2.75) is 18.4 Å². The van der Waals surface area contributed by atoms with Crippen LogP contribution in [0.3, 0.4) is 0 Å². The Morgan fingerprint density at radius 2 is 1.81 bits per heavy atom. The molecule has 0 atom stereocenters. The smallest absolute Gasteiger partial charge is 0.254 e. The molecule has 1 aliphatic rings. The van der Waals surface area contributed by atoms with Crippen molar-refractivity contribution in [3.05, 3.63) is 82.8 Å². The number of nitrogens with one attached hydrogen (secondary N) is 1. The van der Waals surface area contributed by atoms with E-state index in [2.05, 4.69) is 9.62 Å². The monoisotopic (exact) mass is 473 g/mol. The molecule has 0 aliphatic carbocycles. The molecule has 0 saturated carbocycles. The maximum Gasteiger partial charge on any atom is 0.254 e. The van der Waals surface area contributed by atoms with Gasteiger partial charge in [-0.1, -0.05) is 29.8 Å². The zero-order chi connectivity index (χ0) is 22.7. The van der Waals surface area contributed by atoms with Crippen molar-refractivity contribution in [2.24, 2.45) is 0 Å². The van der Waals surface area contributed by atoms with Crippen LogP contribution in [-0.2, 0) is 16.6 Å². The van der Waals surface area contributed by atoms with Crippen LogP contribution in [0.1, 0.15) is 21.7 Å². The number of hydrogen-bond acceptors (Lipinski definition) is 5. The zero-order valence-electron chi connectivity index (χ0n) is 17.6. The lowest BCUT2D eigenvalue weighted by molar-refractivity contribution is 0.0746. The SMILES string of the molecule is Cc1ccc(S(=O)(=O)NCc2ccco2)cc1C(=O)N1CCN(c2ccccc2Cl)CC1. The second-order valence-corrected chi connectivity index (χ2v) is 9.79. The normalized spacial score (nSPS) is 14.6. The maximum atomic E-state index is 13.2. The van der Waals surface area contributed by atoms with Crippen LogP contribution in [0.2, 0.25) is 5.02 Å². The largest absolute Gasteiger partial charge is 0.468 e. The molecule has 1 N–H and O–H groups in total. The standard InChI is InChI=1S/C23H24ClN3O4S/c1-17-8-9-19(32(29,30)25-16-18-5-4-14-31-18)15-20(17)23(28)27-12-10-26(11-13-27)22-7-3-2-6-21(22)24/h2-9,14-15,25H,10-13,16H2,1H3. The van der Waals surface area contributed by atoms with Crippen molar-refractivity contribution in [3.8, 4) is 0 Å². The van der Waals surface area contributed by atoms with Crippen molar-refractivity contribution >= 4 is 33.2 Å². The van der Waals surface area contributed by atoms with Crippen LogP contribution in [0.15, 0.2) is 70.2 Å². The van der Waals surface area contributed by atoms with E-state index in [-0.39, 0.29) is 17.3 Å². The predicted octanol–water partition coefficient (Wildman–Crippen LogP) is 3.68. The highest BCUT2D eigenvalue weighted by atomic mass is 35.5. The van der Waals surface area contributed by atoms with E-state index in [1.165, 1.54) is 18.4 Å². The van der Waals surface area contributed by atoms with E-state index in [0.717, 1.165) is 11.3 Å². The fourth-order valence-corrected chi connectivity index (χ4v) is 4.96. The number of rotatable bonds is 6. The van der Waals surface area contributed by atoms with E-state index in [9.17, 15) is 13.2 Å². The van der Waals surface area contributed by atoms with Gasteiger partial charge >= 0.3 is 0 Å². The Bertz CT molecular complexity index is 1200. The van der Waals surface area contributed by atoms with Gasteiger partial charge in [0.05, 0.1) is 28.4 Å². The van der Waals surface area contributed by atoms with Gasteiger partial charge in [0.15, 0.2) is 0 Å². The van der Waals surface area contributed by atoms with Crippen molar-refractivity contribution in [1.82, 2.24) is 9.62 Å². The number of para-hydroxylation sites is 1. The Morgan fingerprint density at radius 1 is 1.06 bits per heavy atom. The summed E-state index contributed by atoms with van der Waals surface area (Å²) in [6, 6.07) is 15.6. The first kappa shape index (κ1) is 22.4. The van der Waals surface area contributed by atoms with Crippen LogP contribution < -0.4 is 9.62 Å². The highest BCUT2D eigenvalue weighted by Gasteiger charge is 2.25. The first-order chi connectivity index (χ1) is 15.3. The van der Waals surface area contributed by atoms with Crippen molar-refractivity contribution in [1.29, 1.82) is 0 Å². The lowest BCUT2D eigenvalue weighted by atomic mass is 10.1. The quantitative estimate of drug-likeness (QED) is 0.590. The van der Waals surface area contributed by atoms with Gasteiger partial charge in [0.25, 0.3) is 5.91 Å². The highest BCUT2D eigenvalue weighted by molar-refractivity contribution is 7.89. The molecule has 0 radical (unpaired) electrons. The van der Waals surface area contributed by atoms with Gasteiger partial charge in [-0.3, -0.25) is 4.79 Å². The Hall–Kier alpha value is -2.81. The molecular weight excluding hydrogens is 450 g/mol. The van der Waals surface area contributed by atoms with Gasteiger partial charge in [-0.2, -0.15) is 0 Å². The minimum absolute atomic E-state index is 0.0382. The maximum absolute atomic E-state index is 13.2. The second-order valence-electron chi connectivity index (χ2n) is 7.61. The van der Waals surface area contributed by atoms with Crippen molar-refractivity contribution < 1.29 is 17.6 Å². The molecule has 2 heterocycles. The molecule has 2 aromatic carbocycles. The fourth-order valence-electron chi connectivity index (χ4n) is 3.69. The molecule has 1 aliphatic heterocycles. The van der Waals surface area contributed by atoms with E-state index >= 15 is 0 Å². The Balaban J connectivity index is 1.46. The molecule has 1 aromatic heterocycles. The Labute approximate surface area is 192 Å². The summed E-state index contributed by atoms with van der Waals surface area (Å²) in [7, 11) is -3.79. The summed E-state index contributed by atoms with van der Waals surface area (Å²) in [5, 5.41) is 0.683. The summed E-state index contributed by atoms with van der Waals surface area (Å²) in [6.07, 6.45) is 1.48. The number of benzene rings is 2. The molecule has 1 saturated heterocycles. The highest BCUT2D eigenvalue weighted by Crippen LogP contribution is 2.26. The minimum atomic E-state index is -3.79. The molecule has 0 spiro atoms. The van der Waals surface area contributed by atoms with E-state index < -0.39 is 10.0 Å². The average Bonchev–Trinajstić information content (AvgIpc) is 3.32. The van der Waals surface area contributed by atoms with E-state index in [4.69, 9.17) is 16.0 Å². The lowest BCUT2D eigenvalue weighted by Crippen LogP contribution is -2.49. The van der Waals surface area contributed by atoms with Gasteiger partial charge in [0.1, 0.15) is 5.76 Å². The molecule has 168 valence electrons. The number of amides is 1. The van der Waals surface area contributed by atoms with Crippen LogP contribution >= 0.6 is 11.6 Å². The number of aryl methyl sites for hydroxylation is 1. The number of halogens is 1. The molecule has 1 amide bonds. The number of sulfonamides is 1. The minimum Gasteiger partial charge on any atom is -0.468 e. The molecule has 7 nitrogen and oxygen atoms in total. The number of hydrogen-bond donors (Lipinski definition) is 1. The van der Waals surface area contributed by atoms with Crippen molar-refractivity contribution in [2.75, 3.05) is 31.1 Å². The van der Waals surface area contributed by atoms with Crippen LogP contribution in [0.4, 0.5) is 5.69 Å². The summed E-state index contributed by atoms with van der Waals surface area (Å²) in [6.45, 7) is 4.19. The summed E-state index contributed by atoms with van der Waals surface area (Å²) in [5.74, 6) is 0.331. The van der Waals surface area contributed by atoms with Gasteiger partial charge in [-0.05, 0) is 48.9 Å². The fraction of sp³-hybridized carbons (Fsp3) is 0.261. The third kappa shape index (κ3) is 4.82. The topological polar surface area (TPSA) is 82.9 Å². The molecule has 4 rings (SSSR count). The van der Waals surface area contributed by atoms with Crippen LogP contribution in [0.25, 0.3) is 0 Å². The van der Waals surface area contributed by atoms with Crippen LogP contribution in [-0.4, -0.2) is 45.4 Å². The van der Waals surface area contributed by atoms with Gasteiger partial charge in [-0.25, -0.2) is 13.1 Å². The van der Waals surface area contributed by atoms with Gasteiger partial charge in [0.2, 0.25) is 10.0 Å². The predicted molar refractivity (Wildman–Crippen MR) is 123 cm³/mol. The number of carbonyl (C=O) groups is 1. The first-order valence-corrected chi connectivity index (χ1v) is 12.1. The summed E-state index contributed by atoms with van der Waals surface area (Å²) in [4.78, 5) is 17.2. The van der Waals surface area contributed by atoms with Gasteiger partial charge < -0.3 is 14.2 Å². The summed E-state index contributed by atoms with van der Waals surface area (Å²) < 4.78 is 33.1. The summed E-state index contributed by atoms with van der Waals surface area (Å²) in [5.41, 5.74) is 2.07. The lowest BCUT2D eigenvalue weighted by Gasteiger charge is -2.36. The van der Waals surface area contributed by atoms with Crippen molar-refractivity contribution in [3.63, 3.8) is 0 Å². The number of piperazine rings is 1. The number of nitrogens with zero attached hydrogens (tertiary/aromatic N) is 2. The Kier molecular flexibility index (Phi) is 6.55. The molecule has 0 bridgehead atoms. The number of furan rings is 1. The third-order valence-electron chi connectivity index (χ3n) is 5.53. The molecular formula is C23H24ClN3O4S. The summed E-state index contributed by atoms with van der Waals surface area (Å²) >= 11 is 6.30. The number of carbonyl (C=O) groups excluding carboxylic acids is 1. The molecule has 0 unspecified atom stereocenters. The van der Waals surface area contributed by atoms with E-state index in [1.807, 2.05) is 24.3 Å². The Morgan fingerprint density at radius 3 is 2.50 bits per heavy atom. The van der Waals surface area contributed by atoms with Gasteiger partial charge in [0, 0.05) is 31.7 Å². The van der Waals surface area contributed by atoms with Crippen LogP contribution in [0, 0.1) is 6.92 Å². The van der Waals surface area contributed by atoms with Crippen LogP contribution in [0.5, 0.6) is 0 Å². The van der Waals surface area contributed by atoms with Gasteiger partial charge in [-0.15, -0.1) is 0 Å². The number of anilines is 1. The first-order valence-electron chi connectivity index (χ1n) is 10.3. The zero-order valence-corrected chi connectivity index (χ0v) is 19.2. The molecule has 1 fully saturated rings.